The Labute approximate surface area is 191 Å². The third kappa shape index (κ3) is 5.14. The highest BCUT2D eigenvalue weighted by Crippen LogP contribution is 2.42. The Morgan fingerprint density at radius 1 is 1.22 bits per heavy atom. The molecule has 32 heavy (non-hydrogen) atoms. The normalized spacial score (nSPS) is 20.4. The Kier molecular flexibility index (Phi) is 7.13. The van der Waals surface area contributed by atoms with Crippen LogP contribution in [0, 0.1) is 12.7 Å². The summed E-state index contributed by atoms with van der Waals surface area (Å²) in [5, 5.41) is -0.229. The van der Waals surface area contributed by atoms with Crippen molar-refractivity contribution in [3.63, 3.8) is 0 Å². The van der Waals surface area contributed by atoms with Gasteiger partial charge in [-0.1, -0.05) is 12.1 Å². The average Bonchev–Trinajstić information content (AvgIpc) is 3.16. The molecule has 2 saturated heterocycles. The summed E-state index contributed by atoms with van der Waals surface area (Å²) in [7, 11) is 0. The van der Waals surface area contributed by atoms with Crippen LogP contribution in [0.1, 0.15) is 33.8 Å². The molecule has 0 N–H and O–H groups in total. The molecule has 4 rings (SSSR count). The topological polar surface area (TPSA) is 59.1 Å². The van der Waals surface area contributed by atoms with Crippen molar-refractivity contribution in [2.75, 3.05) is 43.5 Å². The van der Waals surface area contributed by atoms with E-state index in [0.717, 1.165) is 29.9 Å². The molecule has 2 aromatic carbocycles. The summed E-state index contributed by atoms with van der Waals surface area (Å²) in [5.41, 5.74) is 2.87. The number of carbonyl (C=O) groups excluding carboxylic acids is 2. The highest BCUT2D eigenvalue weighted by atomic mass is 32.2. The molecule has 0 aromatic heterocycles. The van der Waals surface area contributed by atoms with E-state index >= 15 is 0 Å². The lowest BCUT2D eigenvalue weighted by molar-refractivity contribution is -0.115. The maximum atomic E-state index is 13.3. The van der Waals surface area contributed by atoms with Crippen LogP contribution in [-0.4, -0.2) is 61.5 Å². The number of amides is 1. The molecular formula is C24H27FN2O4S. The molecule has 6 nitrogen and oxygen atoms in total. The van der Waals surface area contributed by atoms with Gasteiger partial charge in [0.2, 0.25) is 5.91 Å². The summed E-state index contributed by atoms with van der Waals surface area (Å²) in [6.07, 6.45) is -0.236. The third-order valence-electron chi connectivity index (χ3n) is 5.64. The smallest absolute Gasteiger partial charge is 0.338 e. The maximum Gasteiger partial charge on any atom is 0.338 e. The Morgan fingerprint density at radius 3 is 2.62 bits per heavy atom. The van der Waals surface area contributed by atoms with E-state index in [1.54, 1.807) is 35.2 Å². The summed E-state index contributed by atoms with van der Waals surface area (Å²) in [4.78, 5) is 29.3. The van der Waals surface area contributed by atoms with E-state index < -0.39 is 0 Å². The fourth-order valence-corrected chi connectivity index (χ4v) is 5.22. The van der Waals surface area contributed by atoms with E-state index in [-0.39, 0.29) is 29.2 Å². The SMILES string of the molecule is Cc1cc(C(=O)OC(C)CN2CCOCC2)ccc1N1C(=O)CSC1c1ccc(F)cc1. The molecule has 0 saturated carbocycles. The molecule has 0 spiro atoms. The summed E-state index contributed by atoms with van der Waals surface area (Å²) >= 11 is 1.51. The first kappa shape index (κ1) is 22.8. The third-order valence-corrected chi connectivity index (χ3v) is 6.85. The van der Waals surface area contributed by atoms with E-state index in [2.05, 4.69) is 4.90 Å². The van der Waals surface area contributed by atoms with Crippen LogP contribution in [-0.2, 0) is 14.3 Å². The van der Waals surface area contributed by atoms with E-state index in [0.29, 0.717) is 31.1 Å². The van der Waals surface area contributed by atoms with E-state index in [1.165, 1.54) is 23.9 Å². The van der Waals surface area contributed by atoms with Gasteiger partial charge in [0.1, 0.15) is 17.3 Å². The molecule has 170 valence electrons. The molecule has 0 radical (unpaired) electrons. The number of hydrogen-bond acceptors (Lipinski definition) is 6. The van der Waals surface area contributed by atoms with Crippen LogP contribution in [0.25, 0.3) is 0 Å². The number of morpholine rings is 1. The molecule has 0 aliphatic carbocycles. The Hall–Kier alpha value is -2.42. The maximum absolute atomic E-state index is 13.3. The van der Waals surface area contributed by atoms with Gasteiger partial charge in [-0.05, 0) is 55.3 Å². The van der Waals surface area contributed by atoms with Crippen molar-refractivity contribution in [3.8, 4) is 0 Å². The van der Waals surface area contributed by atoms with Gasteiger partial charge in [-0.25, -0.2) is 9.18 Å². The molecular weight excluding hydrogens is 431 g/mol. The number of thioether (sulfide) groups is 1. The van der Waals surface area contributed by atoms with Gasteiger partial charge in [0.25, 0.3) is 0 Å². The van der Waals surface area contributed by atoms with Crippen LogP contribution < -0.4 is 4.90 Å². The van der Waals surface area contributed by atoms with Gasteiger partial charge in [0.15, 0.2) is 0 Å². The van der Waals surface area contributed by atoms with Crippen LogP contribution in [0.15, 0.2) is 42.5 Å². The van der Waals surface area contributed by atoms with Crippen LogP contribution in [0.3, 0.4) is 0 Å². The fourth-order valence-electron chi connectivity index (χ4n) is 4.05. The first-order chi connectivity index (χ1) is 15.4. The molecule has 2 aliphatic heterocycles. The number of nitrogens with zero attached hydrogens (tertiary/aromatic N) is 2. The quantitative estimate of drug-likeness (QED) is 0.614. The van der Waals surface area contributed by atoms with Crippen molar-refractivity contribution < 1.29 is 23.5 Å². The van der Waals surface area contributed by atoms with Crippen LogP contribution in [0.5, 0.6) is 0 Å². The standard InChI is InChI=1S/C24H27FN2O4S/c1-16-13-19(24(29)31-17(2)14-26-9-11-30-12-10-26)5-8-21(16)27-22(28)15-32-23(27)18-3-6-20(25)7-4-18/h3-8,13,17,23H,9-12,14-15H2,1-2H3. The molecule has 2 unspecified atom stereocenters. The van der Waals surface area contributed by atoms with Gasteiger partial charge >= 0.3 is 5.97 Å². The van der Waals surface area contributed by atoms with Gasteiger partial charge in [0.05, 0.1) is 24.5 Å². The molecule has 2 atom stereocenters. The summed E-state index contributed by atoms with van der Waals surface area (Å²) in [5.74, 6) is -0.347. The molecule has 0 bridgehead atoms. The van der Waals surface area contributed by atoms with Crippen molar-refractivity contribution in [1.29, 1.82) is 0 Å². The number of halogens is 1. The van der Waals surface area contributed by atoms with E-state index in [1.807, 2.05) is 13.8 Å². The lowest BCUT2D eigenvalue weighted by Crippen LogP contribution is -2.41. The second kappa shape index (κ2) is 10.0. The zero-order valence-corrected chi connectivity index (χ0v) is 19.1. The minimum absolute atomic E-state index is 0.0121. The van der Waals surface area contributed by atoms with Crippen LogP contribution in [0.2, 0.25) is 0 Å². The van der Waals surface area contributed by atoms with Gasteiger partial charge in [-0.2, -0.15) is 0 Å². The van der Waals surface area contributed by atoms with E-state index in [4.69, 9.17) is 9.47 Å². The van der Waals surface area contributed by atoms with Gasteiger partial charge in [-0.15, -0.1) is 11.8 Å². The van der Waals surface area contributed by atoms with E-state index in [9.17, 15) is 14.0 Å². The Balaban J connectivity index is 1.46. The number of esters is 1. The number of carbonyl (C=O) groups is 2. The zero-order chi connectivity index (χ0) is 22.7. The monoisotopic (exact) mass is 458 g/mol. The molecule has 2 heterocycles. The lowest BCUT2D eigenvalue weighted by atomic mass is 10.1. The summed E-state index contributed by atoms with van der Waals surface area (Å²) in [6.45, 7) is 7.52. The number of anilines is 1. The predicted octanol–water partition coefficient (Wildman–Crippen LogP) is 3.79. The number of rotatable bonds is 6. The predicted molar refractivity (Wildman–Crippen MR) is 122 cm³/mol. The summed E-state index contributed by atoms with van der Waals surface area (Å²) in [6, 6.07) is 11.5. The first-order valence-corrected chi connectivity index (χ1v) is 11.8. The van der Waals surface area contributed by atoms with Gasteiger partial charge in [-0.3, -0.25) is 14.6 Å². The largest absolute Gasteiger partial charge is 0.458 e. The number of aryl methyl sites for hydroxylation is 1. The van der Waals surface area contributed by atoms with Gasteiger partial charge in [0, 0.05) is 25.3 Å². The Morgan fingerprint density at radius 2 is 1.94 bits per heavy atom. The molecule has 2 aliphatic rings. The second-order valence-corrected chi connectivity index (χ2v) is 9.18. The number of ether oxygens (including phenoxy) is 2. The Bertz CT molecular complexity index is 978. The zero-order valence-electron chi connectivity index (χ0n) is 18.3. The first-order valence-electron chi connectivity index (χ1n) is 10.7. The molecule has 8 heteroatoms. The second-order valence-electron chi connectivity index (χ2n) is 8.11. The van der Waals surface area contributed by atoms with Crippen molar-refractivity contribution in [1.82, 2.24) is 4.90 Å². The molecule has 2 fully saturated rings. The van der Waals surface area contributed by atoms with Crippen molar-refractivity contribution in [2.45, 2.75) is 25.3 Å². The summed E-state index contributed by atoms with van der Waals surface area (Å²) < 4.78 is 24.3. The van der Waals surface area contributed by atoms with Crippen LogP contribution in [0.4, 0.5) is 10.1 Å². The van der Waals surface area contributed by atoms with Crippen molar-refractivity contribution in [3.05, 3.63) is 65.0 Å². The fraction of sp³-hybridized carbons (Fsp3) is 0.417. The van der Waals surface area contributed by atoms with Crippen molar-refractivity contribution >= 4 is 29.3 Å². The van der Waals surface area contributed by atoms with Gasteiger partial charge < -0.3 is 9.47 Å². The lowest BCUT2D eigenvalue weighted by Gasteiger charge is -2.29. The number of benzene rings is 2. The number of hydrogen-bond donors (Lipinski definition) is 0. The minimum atomic E-state index is -0.377. The minimum Gasteiger partial charge on any atom is -0.458 e. The molecule has 2 aromatic rings. The molecule has 1 amide bonds. The highest BCUT2D eigenvalue weighted by Gasteiger charge is 2.35. The highest BCUT2D eigenvalue weighted by molar-refractivity contribution is 8.00. The van der Waals surface area contributed by atoms with Crippen LogP contribution >= 0.6 is 11.8 Å². The average molecular weight is 459 g/mol. The van der Waals surface area contributed by atoms with Crippen molar-refractivity contribution in [2.24, 2.45) is 0 Å².